The van der Waals surface area contributed by atoms with Crippen molar-refractivity contribution in [3.8, 4) is 11.1 Å². The highest BCUT2D eigenvalue weighted by molar-refractivity contribution is 5.97. The van der Waals surface area contributed by atoms with Crippen LogP contribution < -0.4 is 32.3 Å². The molecule has 8 N–H and O–H groups in total. The lowest BCUT2D eigenvalue weighted by atomic mass is 9.74. The smallest absolute Gasteiger partial charge is 0.307 e. The van der Waals surface area contributed by atoms with Gasteiger partial charge in [0.25, 0.3) is 0 Å². The van der Waals surface area contributed by atoms with E-state index in [-0.39, 0.29) is 64.9 Å². The van der Waals surface area contributed by atoms with Gasteiger partial charge in [0.1, 0.15) is 12.1 Å². The topological polar surface area (TPSA) is 238 Å². The predicted molar refractivity (Wildman–Crippen MR) is 251 cm³/mol. The van der Waals surface area contributed by atoms with Crippen molar-refractivity contribution in [2.75, 3.05) is 45.9 Å². The second-order valence-electron chi connectivity index (χ2n) is 16.9. The second kappa shape index (κ2) is 24.4. The lowest BCUT2D eigenvalue weighted by Crippen LogP contribution is -2.58. The van der Waals surface area contributed by atoms with Crippen LogP contribution in [0.15, 0.2) is 115 Å². The number of hydrogen-bond acceptors (Lipinski definition) is 9. The van der Waals surface area contributed by atoms with Crippen molar-refractivity contribution in [1.82, 2.24) is 31.5 Å². The summed E-state index contributed by atoms with van der Waals surface area (Å²) in [6.07, 6.45) is 3.37. The van der Waals surface area contributed by atoms with Crippen LogP contribution in [0.2, 0.25) is 0 Å². The number of aliphatic carboxylic acids is 1. The molecule has 2 bridgehead atoms. The Morgan fingerprint density at radius 1 is 0.806 bits per heavy atom. The van der Waals surface area contributed by atoms with Crippen LogP contribution in [-0.4, -0.2) is 109 Å². The van der Waals surface area contributed by atoms with Crippen molar-refractivity contribution in [3.63, 3.8) is 0 Å². The SMILES string of the molecule is NCCOCCNC(=O)[C@@H]1CCNC(=O)/C=C/C(=O)N2CCC[C@](Cc3ccccc3)(C2)C(=O)N[C@@H](Cc2ccc(-c3cccc(CC(=O)O)c3)cc2)C(=O)NCc2ccccc2CC(=O)N1. The summed E-state index contributed by atoms with van der Waals surface area (Å²) in [7, 11) is 0. The first kappa shape index (κ1) is 49.3. The van der Waals surface area contributed by atoms with Gasteiger partial charge in [0.05, 0.1) is 31.5 Å². The van der Waals surface area contributed by atoms with Crippen LogP contribution in [0.4, 0.5) is 0 Å². The largest absolute Gasteiger partial charge is 0.481 e. The molecule has 0 radical (unpaired) electrons. The minimum atomic E-state index is -1.14. The van der Waals surface area contributed by atoms with E-state index in [4.69, 9.17) is 10.5 Å². The molecule has 2 aliphatic heterocycles. The van der Waals surface area contributed by atoms with E-state index in [1.54, 1.807) is 41.3 Å². The first-order chi connectivity index (χ1) is 32.4. The van der Waals surface area contributed by atoms with Gasteiger partial charge >= 0.3 is 5.97 Å². The van der Waals surface area contributed by atoms with Gasteiger partial charge in [0, 0.05) is 57.8 Å². The number of hydrogen-bond donors (Lipinski definition) is 7. The number of carbonyl (C=O) groups is 7. The molecule has 6 rings (SSSR count). The number of rotatable bonds is 13. The minimum Gasteiger partial charge on any atom is -0.481 e. The highest BCUT2D eigenvalue weighted by Gasteiger charge is 2.44. The highest BCUT2D eigenvalue weighted by Crippen LogP contribution is 2.35. The number of ether oxygens (including phenoxy) is 1. The molecule has 3 atom stereocenters. The minimum absolute atomic E-state index is 0.000129. The number of carbonyl (C=O) groups excluding carboxylic acids is 6. The van der Waals surface area contributed by atoms with Crippen molar-refractivity contribution >= 4 is 41.4 Å². The third kappa shape index (κ3) is 14.7. The Balaban J connectivity index is 1.31. The van der Waals surface area contributed by atoms with Gasteiger partial charge in [-0.2, -0.15) is 0 Å². The van der Waals surface area contributed by atoms with Gasteiger partial charge in [0.15, 0.2) is 0 Å². The van der Waals surface area contributed by atoms with Crippen LogP contribution in [0.3, 0.4) is 0 Å². The van der Waals surface area contributed by atoms with Gasteiger partial charge in [-0.15, -0.1) is 0 Å². The van der Waals surface area contributed by atoms with E-state index in [0.717, 1.165) is 34.4 Å². The Hall–Kier alpha value is -7.17. The Morgan fingerprint density at radius 2 is 1.55 bits per heavy atom. The van der Waals surface area contributed by atoms with Crippen molar-refractivity contribution < 1.29 is 43.4 Å². The van der Waals surface area contributed by atoms with Crippen LogP contribution in [0.5, 0.6) is 0 Å². The normalized spacial score (nSPS) is 20.4. The van der Waals surface area contributed by atoms with Crippen LogP contribution in [0.1, 0.15) is 47.1 Å². The second-order valence-corrected chi connectivity index (χ2v) is 16.9. The van der Waals surface area contributed by atoms with E-state index < -0.39 is 58.9 Å². The summed E-state index contributed by atoms with van der Waals surface area (Å²) in [6.45, 7) is 1.43. The van der Waals surface area contributed by atoms with Gasteiger partial charge in [-0.3, -0.25) is 33.6 Å². The summed E-state index contributed by atoms with van der Waals surface area (Å²) >= 11 is 0. The van der Waals surface area contributed by atoms with E-state index in [1.807, 2.05) is 66.7 Å². The van der Waals surface area contributed by atoms with Crippen LogP contribution in [0, 0.1) is 5.41 Å². The number of carboxylic acid groups (broad SMARTS) is 1. The molecule has 16 nitrogen and oxygen atoms in total. The van der Waals surface area contributed by atoms with Gasteiger partial charge < -0.3 is 47.1 Å². The summed E-state index contributed by atoms with van der Waals surface area (Å²) in [6, 6.07) is 29.2. The Labute approximate surface area is 390 Å². The van der Waals surface area contributed by atoms with E-state index in [0.29, 0.717) is 49.2 Å². The summed E-state index contributed by atoms with van der Waals surface area (Å²) in [4.78, 5) is 95.9. The van der Waals surface area contributed by atoms with Crippen molar-refractivity contribution in [2.24, 2.45) is 11.1 Å². The molecule has 2 heterocycles. The molecule has 16 heteroatoms. The van der Waals surface area contributed by atoms with Crippen LogP contribution in [0.25, 0.3) is 11.1 Å². The summed E-state index contributed by atoms with van der Waals surface area (Å²) < 4.78 is 5.36. The average Bonchev–Trinajstić information content (AvgIpc) is 3.32. The average molecular weight is 914 g/mol. The van der Waals surface area contributed by atoms with Gasteiger partial charge in [-0.1, -0.05) is 103 Å². The van der Waals surface area contributed by atoms with Crippen LogP contribution >= 0.6 is 0 Å². The van der Waals surface area contributed by atoms with Gasteiger partial charge in [-0.05, 0) is 64.6 Å². The Morgan fingerprint density at radius 3 is 2.31 bits per heavy atom. The molecule has 0 spiro atoms. The molecule has 67 heavy (non-hydrogen) atoms. The molecule has 1 saturated heterocycles. The van der Waals surface area contributed by atoms with Gasteiger partial charge in [-0.25, -0.2) is 0 Å². The molecule has 4 aromatic rings. The zero-order valence-corrected chi connectivity index (χ0v) is 37.5. The summed E-state index contributed by atoms with van der Waals surface area (Å²) in [5.41, 5.74) is 9.54. The molecule has 1 fully saturated rings. The zero-order valence-electron chi connectivity index (χ0n) is 37.5. The number of amides is 6. The van der Waals surface area contributed by atoms with E-state index in [1.165, 1.54) is 0 Å². The van der Waals surface area contributed by atoms with E-state index in [9.17, 15) is 38.7 Å². The standard InChI is InChI=1S/C51H59N7O9/c52-22-26-67-27-24-54-48(64)42-20-23-53-44(59)18-19-46(61)58-25-7-21-51(34-58,32-36-8-2-1-3-9-36)50(66)57-43(49(65)55-33-41-12-5-4-11-40(41)31-45(60)56-42)29-35-14-16-38(17-15-35)39-13-6-10-37(28-39)30-47(62)63/h1-6,8-19,28,42-43H,7,20-27,29-34,52H2,(H,53,59)(H,54,64)(H,55,65)(H,56,60)(H,57,66)(H,62,63)/b19-18+/t42-,43-,51-/m0/s1. The molecule has 0 unspecified atom stereocenters. The zero-order chi connectivity index (χ0) is 47.6. The third-order valence-corrected chi connectivity index (χ3v) is 11.9. The number of nitrogens with two attached hydrogens (primary N) is 1. The van der Waals surface area contributed by atoms with E-state index in [2.05, 4.69) is 26.6 Å². The van der Waals surface area contributed by atoms with Crippen molar-refractivity contribution in [3.05, 3.63) is 143 Å². The third-order valence-electron chi connectivity index (χ3n) is 11.9. The monoisotopic (exact) mass is 913 g/mol. The maximum Gasteiger partial charge on any atom is 0.307 e. The first-order valence-corrected chi connectivity index (χ1v) is 22.6. The molecule has 0 aliphatic carbocycles. The number of nitrogens with zero attached hydrogens (tertiary/aromatic N) is 1. The molecule has 0 saturated carbocycles. The molecule has 352 valence electrons. The number of fused-ring (bicyclic) bond motifs is 3. The number of piperidine rings is 1. The molecular formula is C51H59N7O9. The molecule has 4 aromatic carbocycles. The highest BCUT2D eigenvalue weighted by atomic mass is 16.5. The molecule has 6 amide bonds. The number of nitrogens with one attached hydrogen (secondary N) is 5. The summed E-state index contributed by atoms with van der Waals surface area (Å²) in [5.74, 6) is -3.79. The molecule has 2 aliphatic rings. The fourth-order valence-corrected chi connectivity index (χ4v) is 8.44. The fraction of sp³-hybridized carbons (Fsp3) is 0.353. The van der Waals surface area contributed by atoms with Crippen molar-refractivity contribution in [2.45, 2.75) is 63.6 Å². The quantitative estimate of drug-likeness (QED) is 0.0968. The number of benzene rings is 4. The van der Waals surface area contributed by atoms with Crippen molar-refractivity contribution in [1.29, 1.82) is 0 Å². The summed E-state index contributed by atoms with van der Waals surface area (Å²) in [5, 5.41) is 23.7. The lowest BCUT2D eigenvalue weighted by molar-refractivity contribution is -0.141. The number of carboxylic acids is 1. The maximum atomic E-state index is 14.9. The van der Waals surface area contributed by atoms with Gasteiger partial charge in [0.2, 0.25) is 35.4 Å². The predicted octanol–water partition coefficient (Wildman–Crippen LogP) is 2.37. The first-order valence-electron chi connectivity index (χ1n) is 22.6. The molecular weight excluding hydrogens is 855 g/mol. The van der Waals surface area contributed by atoms with Crippen LogP contribution in [-0.2, 0) is 70.5 Å². The molecule has 0 aromatic heterocycles. The van der Waals surface area contributed by atoms with E-state index >= 15 is 0 Å². The maximum absolute atomic E-state index is 14.9. The lowest BCUT2D eigenvalue weighted by Gasteiger charge is -2.42. The fourth-order valence-electron chi connectivity index (χ4n) is 8.44. The Bertz CT molecular complexity index is 2410. The Kier molecular flexibility index (Phi) is 17.9.